The Kier molecular flexibility index (Phi) is 3.97. The van der Waals surface area contributed by atoms with E-state index in [2.05, 4.69) is 5.10 Å². The van der Waals surface area contributed by atoms with Crippen molar-refractivity contribution in [3.63, 3.8) is 0 Å². The normalized spacial score (nSPS) is 21.1. The molecule has 1 aromatic rings. The molecule has 0 bridgehead atoms. The number of rotatable bonds is 4. The summed E-state index contributed by atoms with van der Waals surface area (Å²) in [6, 6.07) is 7.33. The number of aliphatic carboxylic acids is 1. The molecule has 0 amide bonds. The number of para-hydroxylation sites is 1. The minimum Gasteiger partial charge on any atom is -0.479 e. The van der Waals surface area contributed by atoms with E-state index in [1.165, 1.54) is 5.01 Å². The molecule has 1 aliphatic rings. The van der Waals surface area contributed by atoms with Crippen molar-refractivity contribution in [1.29, 1.82) is 0 Å². The maximum atomic E-state index is 11.8. The van der Waals surface area contributed by atoms with Gasteiger partial charge < -0.3 is 9.84 Å². The van der Waals surface area contributed by atoms with Crippen LogP contribution in [0.15, 0.2) is 29.4 Å². The molecule has 1 aromatic carbocycles. The van der Waals surface area contributed by atoms with Crippen LogP contribution < -0.4 is 5.01 Å². The van der Waals surface area contributed by atoms with Gasteiger partial charge in [0.15, 0.2) is 5.54 Å². The van der Waals surface area contributed by atoms with Crippen LogP contribution >= 0.6 is 0 Å². The summed E-state index contributed by atoms with van der Waals surface area (Å²) in [5.74, 6) is -1.60. The van der Waals surface area contributed by atoms with Gasteiger partial charge in [0.05, 0.1) is 12.3 Å². The molecule has 0 saturated carbocycles. The Bertz CT molecular complexity index is 611. The number of carboxylic acids is 1. The lowest BCUT2D eigenvalue weighted by molar-refractivity contribution is -0.142. The Morgan fingerprint density at radius 2 is 2.10 bits per heavy atom. The number of aryl methyl sites for hydroxylation is 1. The SMILES string of the molecule is CCOC(=O)C1=NN(c2ccccc2C)[C@@](C)(C(=O)O)C1. The summed E-state index contributed by atoms with van der Waals surface area (Å²) in [5.41, 5.74) is 0.388. The van der Waals surface area contributed by atoms with Gasteiger partial charge in [-0.15, -0.1) is 0 Å². The number of nitrogens with zero attached hydrogens (tertiary/aromatic N) is 2. The first-order chi connectivity index (χ1) is 9.90. The summed E-state index contributed by atoms with van der Waals surface area (Å²) in [4.78, 5) is 23.5. The van der Waals surface area contributed by atoms with E-state index >= 15 is 0 Å². The summed E-state index contributed by atoms with van der Waals surface area (Å²) < 4.78 is 4.92. The van der Waals surface area contributed by atoms with E-state index in [-0.39, 0.29) is 18.7 Å². The second kappa shape index (κ2) is 5.55. The van der Waals surface area contributed by atoms with Crippen molar-refractivity contribution in [3.05, 3.63) is 29.8 Å². The van der Waals surface area contributed by atoms with Gasteiger partial charge in [-0.05, 0) is 32.4 Å². The highest BCUT2D eigenvalue weighted by molar-refractivity contribution is 6.38. The minimum absolute atomic E-state index is 0.00943. The maximum Gasteiger partial charge on any atom is 0.354 e. The minimum atomic E-state index is -1.30. The third-order valence-electron chi connectivity index (χ3n) is 3.52. The molecule has 0 aliphatic carbocycles. The van der Waals surface area contributed by atoms with Crippen LogP contribution in [-0.2, 0) is 14.3 Å². The van der Waals surface area contributed by atoms with Crippen LogP contribution in [0.1, 0.15) is 25.8 Å². The third-order valence-corrected chi connectivity index (χ3v) is 3.52. The van der Waals surface area contributed by atoms with Gasteiger partial charge in [0.2, 0.25) is 0 Å². The second-order valence-corrected chi connectivity index (χ2v) is 5.12. The van der Waals surface area contributed by atoms with Crippen molar-refractivity contribution < 1.29 is 19.4 Å². The van der Waals surface area contributed by atoms with Crippen LogP contribution in [0.2, 0.25) is 0 Å². The Morgan fingerprint density at radius 1 is 1.43 bits per heavy atom. The molecule has 0 radical (unpaired) electrons. The van der Waals surface area contributed by atoms with E-state index < -0.39 is 17.5 Å². The fourth-order valence-corrected chi connectivity index (χ4v) is 2.28. The van der Waals surface area contributed by atoms with E-state index in [0.29, 0.717) is 5.69 Å². The Morgan fingerprint density at radius 3 is 2.67 bits per heavy atom. The van der Waals surface area contributed by atoms with Gasteiger partial charge in [-0.3, -0.25) is 0 Å². The fourth-order valence-electron chi connectivity index (χ4n) is 2.28. The number of anilines is 1. The van der Waals surface area contributed by atoms with Crippen LogP contribution in [0.25, 0.3) is 0 Å². The number of carbonyl (C=O) groups is 2. The van der Waals surface area contributed by atoms with Gasteiger partial charge >= 0.3 is 11.9 Å². The smallest absolute Gasteiger partial charge is 0.354 e. The monoisotopic (exact) mass is 290 g/mol. The number of hydrazone groups is 1. The van der Waals surface area contributed by atoms with E-state index in [1.807, 2.05) is 25.1 Å². The molecule has 6 nitrogen and oxygen atoms in total. The molecule has 21 heavy (non-hydrogen) atoms. The van der Waals surface area contributed by atoms with Crippen molar-refractivity contribution in [2.75, 3.05) is 11.6 Å². The van der Waals surface area contributed by atoms with Gasteiger partial charge in [0, 0.05) is 6.42 Å². The zero-order chi connectivity index (χ0) is 15.6. The molecule has 0 unspecified atom stereocenters. The number of ether oxygens (including phenoxy) is 1. The van der Waals surface area contributed by atoms with Crippen LogP contribution in [0.4, 0.5) is 5.69 Å². The Hall–Kier alpha value is -2.37. The van der Waals surface area contributed by atoms with Crippen LogP contribution in [0.5, 0.6) is 0 Å². The van der Waals surface area contributed by atoms with Crippen molar-refractivity contribution >= 4 is 23.3 Å². The number of benzene rings is 1. The van der Waals surface area contributed by atoms with Crippen LogP contribution in [0, 0.1) is 6.92 Å². The topological polar surface area (TPSA) is 79.2 Å². The Labute approximate surface area is 123 Å². The number of hydrogen-bond acceptors (Lipinski definition) is 5. The third kappa shape index (κ3) is 2.61. The van der Waals surface area contributed by atoms with E-state index in [9.17, 15) is 14.7 Å². The molecule has 112 valence electrons. The molecule has 0 aromatic heterocycles. The summed E-state index contributed by atoms with van der Waals surface area (Å²) in [7, 11) is 0. The standard InChI is InChI=1S/C15H18N2O4/c1-4-21-13(18)11-9-15(3,14(19)20)17(16-11)12-8-6-5-7-10(12)2/h5-8H,4,9H2,1-3H3,(H,19,20)/t15-/m1/s1. The first-order valence-electron chi connectivity index (χ1n) is 6.74. The largest absolute Gasteiger partial charge is 0.479 e. The average molecular weight is 290 g/mol. The molecule has 6 heteroatoms. The van der Waals surface area contributed by atoms with Gasteiger partial charge in [-0.1, -0.05) is 18.2 Å². The molecular formula is C15H18N2O4. The van der Waals surface area contributed by atoms with Gasteiger partial charge in [-0.25, -0.2) is 14.6 Å². The summed E-state index contributed by atoms with van der Waals surface area (Å²) in [5, 5.41) is 15.2. The molecule has 0 fully saturated rings. The highest BCUT2D eigenvalue weighted by Gasteiger charge is 2.48. The summed E-state index contributed by atoms with van der Waals surface area (Å²) in [6.07, 6.45) is 0.00943. The molecule has 1 N–H and O–H groups in total. The van der Waals surface area contributed by atoms with Gasteiger partial charge in [-0.2, -0.15) is 5.10 Å². The van der Waals surface area contributed by atoms with Gasteiger partial charge in [0.1, 0.15) is 5.71 Å². The van der Waals surface area contributed by atoms with E-state index in [1.54, 1.807) is 19.9 Å². The number of carboxylic acid groups (broad SMARTS) is 1. The average Bonchev–Trinajstić information content (AvgIpc) is 2.79. The summed E-state index contributed by atoms with van der Waals surface area (Å²) in [6.45, 7) is 5.35. The van der Waals surface area contributed by atoms with Crippen molar-refractivity contribution in [2.24, 2.45) is 5.10 Å². The number of carbonyl (C=O) groups excluding carboxylic acids is 1. The highest BCUT2D eigenvalue weighted by atomic mass is 16.5. The van der Waals surface area contributed by atoms with Crippen LogP contribution in [0.3, 0.4) is 0 Å². The molecule has 0 saturated heterocycles. The van der Waals surface area contributed by atoms with Crippen molar-refractivity contribution in [3.8, 4) is 0 Å². The predicted octanol–water partition coefficient (Wildman–Crippen LogP) is 1.97. The maximum absolute atomic E-state index is 11.8. The predicted molar refractivity (Wildman–Crippen MR) is 78.4 cm³/mol. The summed E-state index contributed by atoms with van der Waals surface area (Å²) >= 11 is 0. The van der Waals surface area contributed by atoms with E-state index in [0.717, 1.165) is 5.56 Å². The van der Waals surface area contributed by atoms with Crippen molar-refractivity contribution in [2.45, 2.75) is 32.7 Å². The van der Waals surface area contributed by atoms with Crippen molar-refractivity contribution in [1.82, 2.24) is 0 Å². The van der Waals surface area contributed by atoms with E-state index in [4.69, 9.17) is 4.74 Å². The lowest BCUT2D eigenvalue weighted by Crippen LogP contribution is -2.47. The molecule has 1 heterocycles. The highest BCUT2D eigenvalue weighted by Crippen LogP contribution is 2.35. The zero-order valence-corrected chi connectivity index (χ0v) is 12.3. The molecule has 1 aliphatic heterocycles. The lowest BCUT2D eigenvalue weighted by Gasteiger charge is -2.31. The molecule has 2 rings (SSSR count). The lowest BCUT2D eigenvalue weighted by atomic mass is 9.95. The zero-order valence-electron chi connectivity index (χ0n) is 12.3. The molecular weight excluding hydrogens is 272 g/mol. The van der Waals surface area contributed by atoms with Gasteiger partial charge in [0.25, 0.3) is 0 Å². The first kappa shape index (κ1) is 15.0. The number of esters is 1. The Balaban J connectivity index is 2.46. The first-order valence-corrected chi connectivity index (χ1v) is 6.74. The second-order valence-electron chi connectivity index (χ2n) is 5.12. The quantitative estimate of drug-likeness (QED) is 0.858. The van der Waals surface area contributed by atoms with Crippen LogP contribution in [-0.4, -0.2) is 34.9 Å². The molecule has 1 atom stereocenters. The molecule has 0 spiro atoms. The number of hydrogen-bond donors (Lipinski definition) is 1. The fraction of sp³-hybridized carbons (Fsp3) is 0.400.